The summed E-state index contributed by atoms with van der Waals surface area (Å²) in [7, 11) is 0. The molecule has 3 rings (SSSR count). The molecule has 2 heterocycles. The molecule has 0 fully saturated rings. The first-order valence-corrected chi connectivity index (χ1v) is 6.82. The summed E-state index contributed by atoms with van der Waals surface area (Å²) >= 11 is 0. The van der Waals surface area contributed by atoms with Crippen molar-refractivity contribution in [1.82, 2.24) is 9.61 Å². The van der Waals surface area contributed by atoms with Crippen LogP contribution in [0.5, 0.6) is 0 Å². The van der Waals surface area contributed by atoms with Gasteiger partial charge in [0.05, 0.1) is 17.8 Å². The Balaban J connectivity index is 1.95. The fourth-order valence-corrected chi connectivity index (χ4v) is 2.69. The van der Waals surface area contributed by atoms with E-state index in [4.69, 9.17) is 0 Å². The van der Waals surface area contributed by atoms with Gasteiger partial charge in [0.1, 0.15) is 0 Å². The zero-order valence-corrected chi connectivity index (χ0v) is 11.7. The van der Waals surface area contributed by atoms with Gasteiger partial charge < -0.3 is 5.11 Å². The van der Waals surface area contributed by atoms with Crippen molar-refractivity contribution in [3.05, 3.63) is 71.0 Å². The number of aryl methyl sites for hydroxylation is 2. The van der Waals surface area contributed by atoms with E-state index in [1.54, 1.807) is 10.7 Å². The SMILES string of the molecule is Cc1cccc(C)c1CC(O)c1cnn2ccccc12. The van der Waals surface area contributed by atoms with Crippen LogP contribution in [-0.4, -0.2) is 14.7 Å². The molecular weight excluding hydrogens is 248 g/mol. The Morgan fingerprint density at radius 2 is 1.85 bits per heavy atom. The highest BCUT2D eigenvalue weighted by Crippen LogP contribution is 2.25. The van der Waals surface area contributed by atoms with Crippen LogP contribution in [-0.2, 0) is 6.42 Å². The molecule has 102 valence electrons. The molecule has 3 heteroatoms. The average Bonchev–Trinajstić information content (AvgIpc) is 2.87. The number of rotatable bonds is 3. The van der Waals surface area contributed by atoms with Crippen molar-refractivity contribution in [3.8, 4) is 0 Å². The van der Waals surface area contributed by atoms with Crippen molar-refractivity contribution in [3.63, 3.8) is 0 Å². The molecule has 1 unspecified atom stereocenters. The fourth-order valence-electron chi connectivity index (χ4n) is 2.69. The quantitative estimate of drug-likeness (QED) is 0.790. The number of aliphatic hydroxyl groups excluding tert-OH is 1. The molecule has 1 atom stereocenters. The lowest BCUT2D eigenvalue weighted by Gasteiger charge is -2.14. The van der Waals surface area contributed by atoms with Crippen LogP contribution in [0.2, 0.25) is 0 Å². The van der Waals surface area contributed by atoms with E-state index in [1.807, 2.05) is 24.4 Å². The van der Waals surface area contributed by atoms with Crippen molar-refractivity contribution >= 4 is 5.52 Å². The number of pyridine rings is 1. The molecule has 0 radical (unpaired) electrons. The highest BCUT2D eigenvalue weighted by Gasteiger charge is 2.16. The number of nitrogens with zero attached hydrogens (tertiary/aromatic N) is 2. The van der Waals surface area contributed by atoms with Crippen molar-refractivity contribution in [2.75, 3.05) is 0 Å². The molecule has 0 amide bonds. The molecule has 1 aromatic carbocycles. The highest BCUT2D eigenvalue weighted by molar-refractivity contribution is 5.54. The first-order chi connectivity index (χ1) is 9.66. The summed E-state index contributed by atoms with van der Waals surface area (Å²) in [4.78, 5) is 0. The Morgan fingerprint density at radius 1 is 1.10 bits per heavy atom. The summed E-state index contributed by atoms with van der Waals surface area (Å²) < 4.78 is 1.79. The summed E-state index contributed by atoms with van der Waals surface area (Å²) in [5, 5.41) is 14.8. The van der Waals surface area contributed by atoms with Gasteiger partial charge in [-0.25, -0.2) is 4.52 Å². The van der Waals surface area contributed by atoms with E-state index < -0.39 is 6.10 Å². The van der Waals surface area contributed by atoms with Gasteiger partial charge in [-0.2, -0.15) is 5.10 Å². The molecule has 3 aromatic rings. The molecular formula is C17H18N2O. The Kier molecular flexibility index (Phi) is 3.28. The third-order valence-electron chi connectivity index (χ3n) is 3.86. The highest BCUT2D eigenvalue weighted by atomic mass is 16.3. The minimum absolute atomic E-state index is 0.533. The fraction of sp³-hybridized carbons (Fsp3) is 0.235. The maximum Gasteiger partial charge on any atom is 0.0867 e. The second-order valence-electron chi connectivity index (χ2n) is 5.22. The van der Waals surface area contributed by atoms with Gasteiger partial charge in [-0.3, -0.25) is 0 Å². The number of fused-ring (bicyclic) bond motifs is 1. The lowest BCUT2D eigenvalue weighted by Crippen LogP contribution is -2.04. The Bertz CT molecular complexity index is 725. The van der Waals surface area contributed by atoms with Gasteiger partial charge in [-0.05, 0) is 42.7 Å². The number of benzene rings is 1. The van der Waals surface area contributed by atoms with Crippen molar-refractivity contribution in [2.45, 2.75) is 26.4 Å². The van der Waals surface area contributed by atoms with Crippen LogP contribution in [0.25, 0.3) is 5.52 Å². The van der Waals surface area contributed by atoms with Crippen LogP contribution in [0, 0.1) is 13.8 Å². The molecule has 2 aromatic heterocycles. The maximum absolute atomic E-state index is 10.6. The number of aliphatic hydroxyl groups is 1. The Morgan fingerprint density at radius 3 is 2.60 bits per heavy atom. The summed E-state index contributed by atoms with van der Waals surface area (Å²) in [6.07, 6.45) is 3.74. The molecule has 1 N–H and O–H groups in total. The van der Waals surface area contributed by atoms with Crippen molar-refractivity contribution < 1.29 is 5.11 Å². The smallest absolute Gasteiger partial charge is 0.0867 e. The lowest BCUT2D eigenvalue weighted by molar-refractivity contribution is 0.179. The standard InChI is InChI=1S/C17H18N2O/c1-12-6-5-7-13(2)14(12)10-17(20)15-11-18-19-9-4-3-8-16(15)19/h3-9,11,17,20H,10H2,1-2H3. The summed E-state index contributed by atoms with van der Waals surface area (Å²) in [6, 6.07) is 12.1. The summed E-state index contributed by atoms with van der Waals surface area (Å²) in [6.45, 7) is 4.18. The number of hydrogen-bond acceptors (Lipinski definition) is 2. The molecule has 3 nitrogen and oxygen atoms in total. The minimum atomic E-state index is -0.533. The Hall–Kier alpha value is -2.13. The lowest BCUT2D eigenvalue weighted by atomic mass is 9.95. The van der Waals surface area contributed by atoms with Crippen LogP contribution < -0.4 is 0 Å². The van der Waals surface area contributed by atoms with Gasteiger partial charge in [0.15, 0.2) is 0 Å². The maximum atomic E-state index is 10.6. The second-order valence-corrected chi connectivity index (χ2v) is 5.22. The minimum Gasteiger partial charge on any atom is -0.388 e. The second kappa shape index (κ2) is 5.10. The van der Waals surface area contributed by atoms with E-state index in [0.29, 0.717) is 6.42 Å². The van der Waals surface area contributed by atoms with Gasteiger partial charge in [0.25, 0.3) is 0 Å². The van der Waals surface area contributed by atoms with E-state index >= 15 is 0 Å². The van der Waals surface area contributed by atoms with Gasteiger partial charge in [-0.1, -0.05) is 24.3 Å². The molecule has 0 aliphatic heterocycles. The van der Waals surface area contributed by atoms with E-state index in [1.165, 1.54) is 16.7 Å². The predicted octanol–water partition coefficient (Wildman–Crippen LogP) is 3.23. The molecule has 0 saturated carbocycles. The number of aromatic nitrogens is 2. The topological polar surface area (TPSA) is 37.5 Å². The number of hydrogen-bond donors (Lipinski definition) is 1. The van der Waals surface area contributed by atoms with E-state index in [0.717, 1.165) is 11.1 Å². The van der Waals surface area contributed by atoms with Crippen molar-refractivity contribution in [1.29, 1.82) is 0 Å². The largest absolute Gasteiger partial charge is 0.388 e. The molecule has 0 aliphatic rings. The first-order valence-electron chi connectivity index (χ1n) is 6.82. The zero-order valence-electron chi connectivity index (χ0n) is 11.7. The van der Waals surface area contributed by atoms with Crippen LogP contribution in [0.1, 0.15) is 28.4 Å². The third-order valence-corrected chi connectivity index (χ3v) is 3.86. The first kappa shape index (κ1) is 12.9. The monoisotopic (exact) mass is 266 g/mol. The molecule has 20 heavy (non-hydrogen) atoms. The third kappa shape index (κ3) is 2.21. The molecule has 0 spiro atoms. The normalized spacial score (nSPS) is 12.8. The zero-order chi connectivity index (χ0) is 14.1. The van der Waals surface area contributed by atoms with Crippen molar-refractivity contribution in [2.24, 2.45) is 0 Å². The average molecular weight is 266 g/mol. The van der Waals surface area contributed by atoms with Gasteiger partial charge in [0, 0.05) is 18.2 Å². The van der Waals surface area contributed by atoms with Gasteiger partial charge in [-0.15, -0.1) is 0 Å². The predicted molar refractivity (Wildman–Crippen MR) is 79.8 cm³/mol. The van der Waals surface area contributed by atoms with Crippen LogP contribution >= 0.6 is 0 Å². The van der Waals surface area contributed by atoms with Crippen LogP contribution in [0.15, 0.2) is 48.8 Å². The Labute approximate surface area is 118 Å². The molecule has 0 bridgehead atoms. The van der Waals surface area contributed by atoms with E-state index in [2.05, 4.69) is 37.1 Å². The van der Waals surface area contributed by atoms with Crippen LogP contribution in [0.3, 0.4) is 0 Å². The molecule has 0 saturated heterocycles. The summed E-state index contributed by atoms with van der Waals surface area (Å²) in [5.74, 6) is 0. The van der Waals surface area contributed by atoms with E-state index in [9.17, 15) is 5.11 Å². The van der Waals surface area contributed by atoms with Crippen LogP contribution in [0.4, 0.5) is 0 Å². The van der Waals surface area contributed by atoms with E-state index in [-0.39, 0.29) is 0 Å². The molecule has 0 aliphatic carbocycles. The summed E-state index contributed by atoms with van der Waals surface area (Å²) in [5.41, 5.74) is 5.51. The van der Waals surface area contributed by atoms with Gasteiger partial charge in [0.2, 0.25) is 0 Å². The van der Waals surface area contributed by atoms with Gasteiger partial charge >= 0.3 is 0 Å².